The summed E-state index contributed by atoms with van der Waals surface area (Å²) >= 11 is 0. The molecule has 2 aromatic rings. The summed E-state index contributed by atoms with van der Waals surface area (Å²) in [6, 6.07) is 7.18. The average Bonchev–Trinajstić information content (AvgIpc) is 2.36. The van der Waals surface area contributed by atoms with Gasteiger partial charge >= 0.3 is 0 Å². The number of hydrogen-bond donors (Lipinski definition) is 2. The Bertz CT molecular complexity index is 735. The zero-order chi connectivity index (χ0) is 15.4. The van der Waals surface area contributed by atoms with Crippen molar-refractivity contribution in [1.82, 2.24) is 0 Å². The monoisotopic (exact) mass is 280 g/mol. The highest BCUT2D eigenvalue weighted by Crippen LogP contribution is 2.50. The van der Waals surface area contributed by atoms with E-state index in [0.717, 1.165) is 22.3 Å². The van der Waals surface area contributed by atoms with E-state index in [9.17, 15) is 10.2 Å². The SMILES string of the molecule is [B]c1cc(O)c2c(c1)OC(C)(C)c1ccc(C)c(CO)c1-2. The van der Waals surface area contributed by atoms with E-state index < -0.39 is 5.60 Å². The van der Waals surface area contributed by atoms with Crippen molar-refractivity contribution in [1.29, 1.82) is 0 Å². The first kappa shape index (κ1) is 14.0. The Morgan fingerprint density at radius 3 is 2.57 bits per heavy atom. The van der Waals surface area contributed by atoms with Crippen LogP contribution in [0.2, 0.25) is 0 Å². The summed E-state index contributed by atoms with van der Waals surface area (Å²) < 4.78 is 6.03. The van der Waals surface area contributed by atoms with Gasteiger partial charge in [0.05, 0.1) is 12.2 Å². The van der Waals surface area contributed by atoms with Crippen LogP contribution in [0.5, 0.6) is 11.5 Å². The molecule has 21 heavy (non-hydrogen) atoms. The van der Waals surface area contributed by atoms with Crippen LogP contribution in [-0.4, -0.2) is 18.1 Å². The smallest absolute Gasteiger partial charge is 0.131 e. The van der Waals surface area contributed by atoms with Crippen molar-refractivity contribution in [3.63, 3.8) is 0 Å². The molecule has 0 amide bonds. The first-order chi connectivity index (χ1) is 9.85. The predicted molar refractivity (Wildman–Crippen MR) is 83.2 cm³/mol. The number of benzene rings is 2. The molecule has 3 rings (SSSR count). The fourth-order valence-corrected chi connectivity index (χ4v) is 3.03. The Morgan fingerprint density at radius 1 is 1.19 bits per heavy atom. The molecular formula is C17H17BO3. The fraction of sp³-hybridized carbons (Fsp3) is 0.294. The van der Waals surface area contributed by atoms with Gasteiger partial charge in [0.1, 0.15) is 24.9 Å². The molecule has 2 radical (unpaired) electrons. The molecule has 0 spiro atoms. The van der Waals surface area contributed by atoms with Crippen LogP contribution in [0.25, 0.3) is 11.1 Å². The molecule has 0 saturated carbocycles. The molecule has 2 N–H and O–H groups in total. The maximum atomic E-state index is 10.3. The normalized spacial score (nSPS) is 15.0. The van der Waals surface area contributed by atoms with Gasteiger partial charge in [-0.3, -0.25) is 0 Å². The van der Waals surface area contributed by atoms with Crippen LogP contribution in [0.4, 0.5) is 0 Å². The highest BCUT2D eigenvalue weighted by atomic mass is 16.5. The van der Waals surface area contributed by atoms with E-state index in [1.807, 2.05) is 32.9 Å². The number of aliphatic hydroxyl groups excluding tert-OH is 1. The van der Waals surface area contributed by atoms with Gasteiger partial charge in [-0.15, -0.1) is 0 Å². The van der Waals surface area contributed by atoms with Crippen molar-refractivity contribution in [3.8, 4) is 22.6 Å². The van der Waals surface area contributed by atoms with Crippen molar-refractivity contribution < 1.29 is 14.9 Å². The molecular weight excluding hydrogens is 263 g/mol. The quantitative estimate of drug-likeness (QED) is 0.788. The molecule has 0 fully saturated rings. The third-order valence-corrected chi connectivity index (χ3v) is 4.07. The van der Waals surface area contributed by atoms with E-state index in [1.54, 1.807) is 6.07 Å². The Morgan fingerprint density at radius 2 is 1.90 bits per heavy atom. The molecule has 0 aromatic heterocycles. The van der Waals surface area contributed by atoms with E-state index in [1.165, 1.54) is 6.07 Å². The zero-order valence-electron chi connectivity index (χ0n) is 12.4. The Kier molecular flexibility index (Phi) is 3.03. The number of phenols is 1. The third-order valence-electron chi connectivity index (χ3n) is 4.07. The van der Waals surface area contributed by atoms with Crippen molar-refractivity contribution in [2.24, 2.45) is 0 Å². The van der Waals surface area contributed by atoms with Gasteiger partial charge in [-0.05, 0) is 44.0 Å². The van der Waals surface area contributed by atoms with E-state index >= 15 is 0 Å². The summed E-state index contributed by atoms with van der Waals surface area (Å²) in [5, 5.41) is 20.1. The Labute approximate surface area is 125 Å². The van der Waals surface area contributed by atoms with Crippen LogP contribution in [0.3, 0.4) is 0 Å². The fourth-order valence-electron chi connectivity index (χ4n) is 3.03. The molecule has 0 atom stereocenters. The van der Waals surface area contributed by atoms with Gasteiger partial charge in [0.25, 0.3) is 0 Å². The van der Waals surface area contributed by atoms with Gasteiger partial charge < -0.3 is 14.9 Å². The molecule has 1 aliphatic rings. The maximum absolute atomic E-state index is 10.3. The molecule has 0 bridgehead atoms. The minimum absolute atomic E-state index is 0.0713. The molecule has 2 aromatic carbocycles. The topological polar surface area (TPSA) is 49.7 Å². The lowest BCUT2D eigenvalue weighted by molar-refractivity contribution is 0.105. The third kappa shape index (κ3) is 2.02. The minimum Gasteiger partial charge on any atom is -0.507 e. The number of ether oxygens (including phenoxy) is 1. The van der Waals surface area contributed by atoms with Crippen molar-refractivity contribution in [3.05, 3.63) is 41.0 Å². The number of fused-ring (bicyclic) bond motifs is 3. The lowest BCUT2D eigenvalue weighted by Crippen LogP contribution is -2.30. The van der Waals surface area contributed by atoms with Crippen LogP contribution in [-0.2, 0) is 12.2 Å². The number of rotatable bonds is 1. The van der Waals surface area contributed by atoms with Crippen molar-refractivity contribution >= 4 is 13.3 Å². The average molecular weight is 280 g/mol. The summed E-state index contributed by atoms with van der Waals surface area (Å²) in [5.41, 5.74) is 4.09. The van der Waals surface area contributed by atoms with E-state index in [-0.39, 0.29) is 12.4 Å². The van der Waals surface area contributed by atoms with Gasteiger partial charge in [-0.25, -0.2) is 0 Å². The molecule has 1 heterocycles. The lowest BCUT2D eigenvalue weighted by Gasteiger charge is -2.36. The van der Waals surface area contributed by atoms with Crippen molar-refractivity contribution in [2.75, 3.05) is 0 Å². The molecule has 106 valence electrons. The van der Waals surface area contributed by atoms with Crippen LogP contribution in [0.1, 0.15) is 30.5 Å². The second kappa shape index (κ2) is 4.53. The second-order valence-electron chi connectivity index (χ2n) is 5.97. The van der Waals surface area contributed by atoms with Crippen LogP contribution in [0, 0.1) is 6.92 Å². The predicted octanol–water partition coefficient (Wildman–Crippen LogP) is 2.28. The molecule has 0 unspecified atom stereocenters. The van der Waals surface area contributed by atoms with Crippen LogP contribution in [0.15, 0.2) is 24.3 Å². The molecule has 0 aliphatic carbocycles. The van der Waals surface area contributed by atoms with Gasteiger partial charge in [0, 0.05) is 11.1 Å². The first-order valence-electron chi connectivity index (χ1n) is 6.91. The largest absolute Gasteiger partial charge is 0.507 e. The van der Waals surface area contributed by atoms with Gasteiger partial charge in [-0.2, -0.15) is 0 Å². The van der Waals surface area contributed by atoms with Gasteiger partial charge in [0.2, 0.25) is 0 Å². The molecule has 3 nitrogen and oxygen atoms in total. The number of aryl methyl sites for hydroxylation is 1. The second-order valence-corrected chi connectivity index (χ2v) is 5.97. The number of phenolic OH excluding ortho intramolecular Hbond substituents is 1. The van der Waals surface area contributed by atoms with Crippen LogP contribution < -0.4 is 10.2 Å². The summed E-state index contributed by atoms with van der Waals surface area (Å²) in [6.07, 6.45) is 0. The molecule has 1 aliphatic heterocycles. The zero-order valence-corrected chi connectivity index (χ0v) is 12.4. The highest BCUT2D eigenvalue weighted by molar-refractivity contribution is 6.32. The number of aromatic hydroxyl groups is 1. The summed E-state index contributed by atoms with van der Waals surface area (Å²) in [6.45, 7) is 5.79. The maximum Gasteiger partial charge on any atom is 0.131 e. The number of hydrogen-bond acceptors (Lipinski definition) is 3. The highest BCUT2D eigenvalue weighted by Gasteiger charge is 2.35. The summed E-state index contributed by atoms with van der Waals surface area (Å²) in [5.74, 6) is 0.618. The minimum atomic E-state index is -0.555. The van der Waals surface area contributed by atoms with E-state index in [2.05, 4.69) is 0 Å². The Balaban J connectivity index is 2.45. The summed E-state index contributed by atoms with van der Waals surface area (Å²) in [4.78, 5) is 0. The van der Waals surface area contributed by atoms with Gasteiger partial charge in [-0.1, -0.05) is 17.6 Å². The first-order valence-corrected chi connectivity index (χ1v) is 6.91. The summed E-state index contributed by atoms with van der Waals surface area (Å²) in [7, 11) is 5.80. The van der Waals surface area contributed by atoms with E-state index in [4.69, 9.17) is 12.6 Å². The molecule has 0 saturated heterocycles. The number of aliphatic hydroxyl groups is 1. The standard InChI is InChI=1S/C17H17BO3/c1-9-4-5-12-15(11(9)8-19)16-13(20)6-10(18)7-14(16)21-17(12,2)3/h4-7,19-20H,8H2,1-3H3. The molecule has 4 heteroatoms. The van der Waals surface area contributed by atoms with Gasteiger partial charge in [0.15, 0.2) is 0 Å². The lowest BCUT2D eigenvalue weighted by atomic mass is 9.80. The Hall–Kier alpha value is -1.94. The van der Waals surface area contributed by atoms with E-state index in [0.29, 0.717) is 16.8 Å². The van der Waals surface area contributed by atoms with Crippen LogP contribution >= 0.6 is 0 Å². The van der Waals surface area contributed by atoms with Crippen molar-refractivity contribution in [2.45, 2.75) is 33.0 Å².